The predicted molar refractivity (Wildman–Crippen MR) is 63.2 cm³/mol. The van der Waals surface area contributed by atoms with E-state index in [1.54, 1.807) is 5.57 Å². The van der Waals surface area contributed by atoms with E-state index in [0.29, 0.717) is 5.92 Å². The van der Waals surface area contributed by atoms with E-state index >= 15 is 0 Å². The highest BCUT2D eigenvalue weighted by molar-refractivity contribution is 5.31. The van der Waals surface area contributed by atoms with Crippen molar-refractivity contribution in [1.29, 1.82) is 0 Å². The largest absolute Gasteiger partial charge is 0.381 e. The van der Waals surface area contributed by atoms with Crippen LogP contribution in [0.3, 0.4) is 0 Å². The summed E-state index contributed by atoms with van der Waals surface area (Å²) in [6, 6.07) is 0. The molecule has 0 aromatic carbocycles. The van der Waals surface area contributed by atoms with Gasteiger partial charge in [0.05, 0.1) is 0 Å². The molecule has 1 nitrogen and oxygen atoms in total. The van der Waals surface area contributed by atoms with E-state index in [0.717, 1.165) is 0 Å². The fourth-order valence-corrected chi connectivity index (χ4v) is 1.86. The minimum Gasteiger partial charge on any atom is -0.381 e. The van der Waals surface area contributed by atoms with Gasteiger partial charge in [-0.3, -0.25) is 0 Å². The van der Waals surface area contributed by atoms with Gasteiger partial charge < -0.3 is 4.90 Å². The third kappa shape index (κ3) is 2.63. The molecule has 0 atom stereocenters. The number of nitrogens with zero attached hydrogens (tertiary/aromatic N) is 1. The van der Waals surface area contributed by atoms with E-state index in [4.69, 9.17) is 0 Å². The van der Waals surface area contributed by atoms with E-state index in [9.17, 15) is 0 Å². The van der Waals surface area contributed by atoms with Gasteiger partial charge in [-0.2, -0.15) is 0 Å². The Hall–Kier alpha value is -0.720. The summed E-state index contributed by atoms with van der Waals surface area (Å²) in [4.78, 5) is 2.27. The molecule has 14 heavy (non-hydrogen) atoms. The molecular weight excluding hydrogens is 170 g/mol. The summed E-state index contributed by atoms with van der Waals surface area (Å²) >= 11 is 0. The van der Waals surface area contributed by atoms with Crippen LogP contribution >= 0.6 is 0 Å². The van der Waals surface area contributed by atoms with Gasteiger partial charge in [0.15, 0.2) is 0 Å². The molecule has 80 valence electrons. The van der Waals surface area contributed by atoms with Gasteiger partial charge in [0, 0.05) is 19.8 Å². The second-order valence-electron chi connectivity index (χ2n) is 4.76. The molecule has 0 aromatic rings. The highest BCUT2D eigenvalue weighted by Gasteiger charge is 2.14. The Bertz CT molecular complexity index is 256. The molecule has 1 heteroatoms. The van der Waals surface area contributed by atoms with Crippen LogP contribution in [0.1, 0.15) is 40.0 Å². The first-order valence-corrected chi connectivity index (χ1v) is 5.60. The van der Waals surface area contributed by atoms with E-state index in [1.165, 1.54) is 30.5 Å². The topological polar surface area (TPSA) is 3.24 Å². The molecule has 0 spiro atoms. The van der Waals surface area contributed by atoms with Crippen LogP contribution in [-0.4, -0.2) is 19.0 Å². The Labute approximate surface area is 88.5 Å². The van der Waals surface area contributed by atoms with E-state index in [2.05, 4.69) is 45.8 Å². The van der Waals surface area contributed by atoms with Crippen LogP contribution in [0.5, 0.6) is 0 Å². The van der Waals surface area contributed by atoms with Crippen molar-refractivity contribution >= 4 is 0 Å². The minimum atomic E-state index is 0.673. The molecule has 0 aromatic heterocycles. The van der Waals surface area contributed by atoms with Gasteiger partial charge in [-0.25, -0.2) is 0 Å². The van der Waals surface area contributed by atoms with E-state index < -0.39 is 0 Å². The van der Waals surface area contributed by atoms with Gasteiger partial charge in [-0.15, -0.1) is 0 Å². The highest BCUT2D eigenvalue weighted by atomic mass is 15.1. The van der Waals surface area contributed by atoms with Gasteiger partial charge in [-0.05, 0) is 37.7 Å². The molecule has 0 bridgehead atoms. The van der Waals surface area contributed by atoms with Crippen LogP contribution in [0.2, 0.25) is 0 Å². The molecule has 0 radical (unpaired) electrons. The van der Waals surface area contributed by atoms with Crippen molar-refractivity contribution in [3.8, 4) is 0 Å². The first-order valence-electron chi connectivity index (χ1n) is 5.60. The monoisotopic (exact) mass is 193 g/mol. The number of rotatable bonds is 3. The molecule has 1 rings (SSSR count). The lowest BCUT2D eigenvalue weighted by Gasteiger charge is -2.16. The lowest BCUT2D eigenvalue weighted by Crippen LogP contribution is -2.10. The molecule has 1 aliphatic carbocycles. The third-order valence-electron chi connectivity index (χ3n) is 3.08. The Morgan fingerprint density at radius 1 is 1.29 bits per heavy atom. The molecule has 0 amide bonds. The molecule has 0 saturated heterocycles. The molecule has 0 saturated carbocycles. The van der Waals surface area contributed by atoms with E-state index in [-0.39, 0.29) is 0 Å². The maximum Gasteiger partial charge on any atom is 0.0160 e. The molecule has 0 fully saturated rings. The maximum absolute atomic E-state index is 2.40. The summed E-state index contributed by atoms with van der Waals surface area (Å²) < 4.78 is 0. The van der Waals surface area contributed by atoms with Crippen molar-refractivity contribution in [2.45, 2.75) is 40.0 Å². The smallest absolute Gasteiger partial charge is 0.0160 e. The van der Waals surface area contributed by atoms with Crippen LogP contribution in [0.4, 0.5) is 0 Å². The molecule has 0 heterocycles. The fourth-order valence-electron chi connectivity index (χ4n) is 1.86. The zero-order valence-electron chi connectivity index (χ0n) is 10.2. The Kier molecular flexibility index (Phi) is 3.79. The van der Waals surface area contributed by atoms with Gasteiger partial charge in [0.25, 0.3) is 0 Å². The van der Waals surface area contributed by atoms with E-state index in [1.807, 2.05) is 0 Å². The lowest BCUT2D eigenvalue weighted by molar-refractivity contribution is 0.493. The fraction of sp³-hybridized carbons (Fsp3) is 0.692. The van der Waals surface area contributed by atoms with Crippen molar-refractivity contribution in [2.75, 3.05) is 14.1 Å². The predicted octanol–water partition coefficient (Wildman–Crippen LogP) is 3.59. The second kappa shape index (κ2) is 4.68. The average Bonchev–Trinajstić information content (AvgIpc) is 2.52. The standard InChI is InChI=1S/C13H23N/c1-10(2)11(3)9-12-7-6-8-13(12)14(4)5/h9-10H,6-8H2,1-5H3/b11-9+. The van der Waals surface area contributed by atoms with Crippen LogP contribution in [0.15, 0.2) is 22.9 Å². The first-order chi connectivity index (χ1) is 6.52. The van der Waals surface area contributed by atoms with Crippen molar-refractivity contribution in [3.63, 3.8) is 0 Å². The molecule has 1 aliphatic rings. The third-order valence-corrected chi connectivity index (χ3v) is 3.08. The Balaban J connectivity index is 2.86. The maximum atomic E-state index is 2.40. The molecular formula is C13H23N. The SMILES string of the molecule is C/C(=C\C1=C(N(C)C)CCC1)C(C)C. The summed E-state index contributed by atoms with van der Waals surface area (Å²) in [5.74, 6) is 0.673. The summed E-state index contributed by atoms with van der Waals surface area (Å²) in [6.45, 7) is 6.76. The number of hydrogen-bond donors (Lipinski definition) is 0. The summed E-state index contributed by atoms with van der Waals surface area (Å²) in [6.07, 6.45) is 6.24. The summed E-state index contributed by atoms with van der Waals surface area (Å²) in [5.41, 5.74) is 4.59. The molecule has 0 aliphatic heterocycles. The van der Waals surface area contributed by atoms with Crippen molar-refractivity contribution in [1.82, 2.24) is 4.90 Å². The van der Waals surface area contributed by atoms with Crippen LogP contribution in [0, 0.1) is 5.92 Å². The normalized spacial score (nSPS) is 18.3. The van der Waals surface area contributed by atoms with Crippen molar-refractivity contribution in [3.05, 3.63) is 22.9 Å². The zero-order valence-corrected chi connectivity index (χ0v) is 10.2. The quantitative estimate of drug-likeness (QED) is 0.662. The molecule has 0 N–H and O–H groups in total. The highest BCUT2D eigenvalue weighted by Crippen LogP contribution is 2.29. The van der Waals surface area contributed by atoms with Gasteiger partial charge in [-0.1, -0.05) is 25.5 Å². The number of hydrogen-bond acceptors (Lipinski definition) is 1. The van der Waals surface area contributed by atoms with Crippen LogP contribution in [0.25, 0.3) is 0 Å². The Morgan fingerprint density at radius 3 is 2.43 bits per heavy atom. The van der Waals surface area contributed by atoms with Crippen molar-refractivity contribution < 1.29 is 0 Å². The summed E-state index contributed by atoms with van der Waals surface area (Å²) in [7, 11) is 4.30. The second-order valence-corrected chi connectivity index (χ2v) is 4.76. The first kappa shape index (κ1) is 11.4. The van der Waals surface area contributed by atoms with Crippen molar-refractivity contribution in [2.24, 2.45) is 5.92 Å². The minimum absolute atomic E-state index is 0.673. The van der Waals surface area contributed by atoms with Gasteiger partial charge >= 0.3 is 0 Å². The summed E-state index contributed by atoms with van der Waals surface area (Å²) in [5, 5.41) is 0. The average molecular weight is 193 g/mol. The van der Waals surface area contributed by atoms with Crippen LogP contribution in [-0.2, 0) is 0 Å². The molecule has 0 unspecified atom stereocenters. The number of allylic oxidation sites excluding steroid dienone is 4. The lowest BCUT2D eigenvalue weighted by atomic mass is 10.0. The zero-order chi connectivity index (χ0) is 10.7. The Morgan fingerprint density at radius 2 is 1.93 bits per heavy atom. The van der Waals surface area contributed by atoms with Gasteiger partial charge in [0.1, 0.15) is 0 Å². The van der Waals surface area contributed by atoms with Crippen LogP contribution < -0.4 is 0 Å². The van der Waals surface area contributed by atoms with Gasteiger partial charge in [0.2, 0.25) is 0 Å².